The minimum Gasteiger partial charge on any atom is -0.364 e. The highest BCUT2D eigenvalue weighted by atomic mass is 15.3. The van der Waals surface area contributed by atoms with Gasteiger partial charge in [-0.05, 0) is 63.4 Å². The van der Waals surface area contributed by atoms with E-state index in [1.807, 2.05) is 35.4 Å². The molecule has 1 unspecified atom stereocenters. The van der Waals surface area contributed by atoms with Gasteiger partial charge in [-0.15, -0.1) is 0 Å². The molecule has 0 saturated carbocycles. The molecule has 3 saturated heterocycles. The summed E-state index contributed by atoms with van der Waals surface area (Å²) in [5, 5.41) is 11.6. The normalized spacial score (nSPS) is 21.9. The summed E-state index contributed by atoms with van der Waals surface area (Å²) in [7, 11) is 0. The van der Waals surface area contributed by atoms with Crippen LogP contribution in [0.4, 0.5) is 11.8 Å². The first-order valence-corrected chi connectivity index (χ1v) is 12.2. The SMILES string of the molecule is CC(C)n1cnc2c(NCc3ccccc3-n3cccn3)nc(NC3CN4CCC3CC4)nc21. The van der Waals surface area contributed by atoms with Crippen molar-refractivity contribution < 1.29 is 0 Å². The van der Waals surface area contributed by atoms with E-state index in [-0.39, 0.29) is 6.04 Å². The number of benzene rings is 1. The first-order valence-electron chi connectivity index (χ1n) is 12.2. The lowest BCUT2D eigenvalue weighted by molar-refractivity contribution is 0.0972. The van der Waals surface area contributed by atoms with Crippen LogP contribution in [0.3, 0.4) is 0 Å². The Morgan fingerprint density at radius 1 is 1.09 bits per heavy atom. The second-order valence-corrected chi connectivity index (χ2v) is 9.64. The number of rotatable bonds is 7. The molecule has 0 amide bonds. The first kappa shape index (κ1) is 21.1. The molecule has 9 heteroatoms. The standard InChI is InChI=1S/C25H31N9/c1-17(2)33-16-27-22-23(26-14-19-6-3-4-7-21(19)34-11-5-10-28-34)30-25(31-24(22)33)29-20-15-32-12-8-18(20)9-13-32/h3-7,10-11,16-18,20H,8-9,12-15H2,1-2H3,(H2,26,29,30,31). The predicted octanol–water partition coefficient (Wildman–Crippen LogP) is 3.71. The Morgan fingerprint density at radius 3 is 2.68 bits per heavy atom. The third kappa shape index (κ3) is 3.90. The van der Waals surface area contributed by atoms with E-state index in [1.54, 1.807) is 6.20 Å². The topological polar surface area (TPSA) is 88.7 Å². The maximum Gasteiger partial charge on any atom is 0.227 e. The van der Waals surface area contributed by atoms with Crippen LogP contribution in [-0.4, -0.2) is 59.9 Å². The summed E-state index contributed by atoms with van der Waals surface area (Å²) in [4.78, 5) is 17.0. The average Bonchev–Trinajstić information content (AvgIpc) is 3.54. The fraction of sp³-hybridized carbons (Fsp3) is 0.440. The van der Waals surface area contributed by atoms with Crippen LogP contribution in [-0.2, 0) is 6.54 Å². The molecule has 3 fully saturated rings. The highest BCUT2D eigenvalue weighted by molar-refractivity contribution is 5.84. The highest BCUT2D eigenvalue weighted by Gasteiger charge is 2.34. The molecule has 6 heterocycles. The smallest absolute Gasteiger partial charge is 0.227 e. The van der Waals surface area contributed by atoms with E-state index in [9.17, 15) is 0 Å². The van der Waals surface area contributed by atoms with Crippen molar-refractivity contribution in [2.24, 2.45) is 5.92 Å². The summed E-state index contributed by atoms with van der Waals surface area (Å²) in [6.45, 7) is 8.40. The van der Waals surface area contributed by atoms with Gasteiger partial charge >= 0.3 is 0 Å². The molecule has 7 rings (SSSR count). The number of aromatic nitrogens is 6. The summed E-state index contributed by atoms with van der Waals surface area (Å²) in [6.07, 6.45) is 8.12. The lowest BCUT2D eigenvalue weighted by atomic mass is 9.84. The minimum absolute atomic E-state index is 0.262. The van der Waals surface area contributed by atoms with Gasteiger partial charge in [0.2, 0.25) is 5.95 Å². The van der Waals surface area contributed by atoms with Crippen molar-refractivity contribution in [3.05, 3.63) is 54.6 Å². The zero-order valence-corrected chi connectivity index (χ0v) is 19.7. The highest BCUT2D eigenvalue weighted by Crippen LogP contribution is 2.30. The molecule has 2 N–H and O–H groups in total. The summed E-state index contributed by atoms with van der Waals surface area (Å²) in [5.74, 6) is 2.12. The van der Waals surface area contributed by atoms with Crippen molar-refractivity contribution in [3.8, 4) is 5.69 Å². The van der Waals surface area contributed by atoms with E-state index in [2.05, 4.69) is 56.2 Å². The molecule has 9 nitrogen and oxygen atoms in total. The molecule has 1 atom stereocenters. The zero-order valence-electron chi connectivity index (χ0n) is 19.7. The number of fused-ring (bicyclic) bond motifs is 4. The summed E-state index contributed by atoms with van der Waals surface area (Å²) in [5.41, 5.74) is 3.83. The fourth-order valence-electron chi connectivity index (χ4n) is 5.25. The van der Waals surface area contributed by atoms with E-state index >= 15 is 0 Å². The van der Waals surface area contributed by atoms with E-state index in [1.165, 1.54) is 25.9 Å². The Kier molecular flexibility index (Phi) is 5.41. The van der Waals surface area contributed by atoms with Crippen LogP contribution in [0.5, 0.6) is 0 Å². The molecule has 1 aromatic carbocycles. The Labute approximate surface area is 199 Å². The van der Waals surface area contributed by atoms with Crippen molar-refractivity contribution in [1.82, 2.24) is 34.2 Å². The number of nitrogens with one attached hydrogen (secondary N) is 2. The third-order valence-electron chi connectivity index (χ3n) is 7.14. The van der Waals surface area contributed by atoms with Gasteiger partial charge in [-0.1, -0.05) is 18.2 Å². The van der Waals surface area contributed by atoms with E-state index in [0.717, 1.165) is 34.8 Å². The minimum atomic E-state index is 0.262. The van der Waals surface area contributed by atoms with Crippen LogP contribution in [0, 0.1) is 5.92 Å². The van der Waals surface area contributed by atoms with Crippen molar-refractivity contribution in [2.75, 3.05) is 30.3 Å². The molecule has 3 aromatic heterocycles. The van der Waals surface area contributed by atoms with Gasteiger partial charge in [-0.2, -0.15) is 15.1 Å². The second kappa shape index (κ2) is 8.72. The second-order valence-electron chi connectivity index (χ2n) is 9.64. The largest absolute Gasteiger partial charge is 0.364 e. The zero-order chi connectivity index (χ0) is 23.1. The Morgan fingerprint density at radius 2 is 1.94 bits per heavy atom. The Bertz CT molecular complexity index is 1270. The van der Waals surface area contributed by atoms with Gasteiger partial charge in [-0.3, -0.25) is 0 Å². The first-order chi connectivity index (χ1) is 16.7. The van der Waals surface area contributed by atoms with E-state index in [0.29, 0.717) is 24.5 Å². The van der Waals surface area contributed by atoms with Gasteiger partial charge < -0.3 is 20.1 Å². The van der Waals surface area contributed by atoms with Gasteiger partial charge in [0.05, 0.1) is 12.0 Å². The molecule has 4 aromatic rings. The van der Waals surface area contributed by atoms with Crippen molar-refractivity contribution in [3.63, 3.8) is 0 Å². The van der Waals surface area contributed by atoms with Crippen LogP contribution >= 0.6 is 0 Å². The number of hydrogen-bond donors (Lipinski definition) is 2. The Hall–Kier alpha value is -3.46. The molecule has 0 radical (unpaired) electrons. The van der Waals surface area contributed by atoms with Crippen molar-refractivity contribution in [1.29, 1.82) is 0 Å². The van der Waals surface area contributed by atoms with Crippen LogP contribution in [0.25, 0.3) is 16.9 Å². The van der Waals surface area contributed by atoms with E-state index in [4.69, 9.17) is 9.97 Å². The van der Waals surface area contributed by atoms with Gasteiger partial charge in [-0.25, -0.2) is 9.67 Å². The number of para-hydroxylation sites is 1. The van der Waals surface area contributed by atoms with E-state index < -0.39 is 0 Å². The number of imidazole rings is 1. The molecule has 176 valence electrons. The van der Waals surface area contributed by atoms with Crippen LogP contribution < -0.4 is 10.6 Å². The molecular formula is C25H31N9. The number of nitrogens with zero attached hydrogens (tertiary/aromatic N) is 7. The monoisotopic (exact) mass is 457 g/mol. The maximum absolute atomic E-state index is 4.91. The molecule has 0 aliphatic carbocycles. The molecule has 3 aliphatic heterocycles. The van der Waals surface area contributed by atoms with Gasteiger partial charge in [0, 0.05) is 37.6 Å². The molecule has 0 spiro atoms. The van der Waals surface area contributed by atoms with Gasteiger partial charge in [0.25, 0.3) is 0 Å². The number of piperidine rings is 3. The lowest BCUT2D eigenvalue weighted by Gasteiger charge is -2.44. The molecule has 2 bridgehead atoms. The lowest BCUT2D eigenvalue weighted by Crippen LogP contribution is -2.53. The fourth-order valence-corrected chi connectivity index (χ4v) is 5.25. The third-order valence-corrected chi connectivity index (χ3v) is 7.14. The van der Waals surface area contributed by atoms with Gasteiger partial charge in [0.15, 0.2) is 17.0 Å². The van der Waals surface area contributed by atoms with Crippen molar-refractivity contribution in [2.45, 2.75) is 45.3 Å². The molecule has 3 aliphatic rings. The van der Waals surface area contributed by atoms with Crippen LogP contribution in [0.15, 0.2) is 49.1 Å². The number of hydrogen-bond acceptors (Lipinski definition) is 7. The average molecular weight is 458 g/mol. The van der Waals surface area contributed by atoms with Crippen LogP contribution in [0.2, 0.25) is 0 Å². The predicted molar refractivity (Wildman–Crippen MR) is 133 cm³/mol. The summed E-state index contributed by atoms with van der Waals surface area (Å²) in [6, 6.07) is 10.9. The van der Waals surface area contributed by atoms with Crippen molar-refractivity contribution >= 4 is 22.9 Å². The molecule has 34 heavy (non-hydrogen) atoms. The van der Waals surface area contributed by atoms with Crippen LogP contribution in [0.1, 0.15) is 38.3 Å². The Balaban J connectivity index is 1.32. The molecular weight excluding hydrogens is 426 g/mol. The number of anilines is 2. The quantitative estimate of drug-likeness (QED) is 0.437. The van der Waals surface area contributed by atoms with Gasteiger partial charge in [0.1, 0.15) is 0 Å². The maximum atomic E-state index is 4.91. The summed E-state index contributed by atoms with van der Waals surface area (Å²) < 4.78 is 4.00. The summed E-state index contributed by atoms with van der Waals surface area (Å²) >= 11 is 0.